The molecular formula is C26H26F4. The molecule has 1 saturated carbocycles. The Morgan fingerprint density at radius 1 is 0.767 bits per heavy atom. The van der Waals surface area contributed by atoms with Gasteiger partial charge in [-0.1, -0.05) is 69.4 Å². The van der Waals surface area contributed by atoms with Gasteiger partial charge in [-0.2, -0.15) is 0 Å². The molecule has 0 atom stereocenters. The fourth-order valence-electron chi connectivity index (χ4n) is 4.73. The van der Waals surface area contributed by atoms with E-state index in [1.165, 1.54) is 43.7 Å². The molecule has 1 aliphatic rings. The maximum absolute atomic E-state index is 15.1. The third kappa shape index (κ3) is 4.23. The second-order valence-corrected chi connectivity index (χ2v) is 8.57. The van der Waals surface area contributed by atoms with Crippen LogP contribution in [-0.2, 0) is 6.42 Å². The van der Waals surface area contributed by atoms with Crippen LogP contribution in [-0.4, -0.2) is 0 Å². The maximum Gasteiger partial charge on any atom is 0.194 e. The van der Waals surface area contributed by atoms with Crippen molar-refractivity contribution in [1.82, 2.24) is 0 Å². The molecule has 0 spiro atoms. The first kappa shape index (κ1) is 20.9. The van der Waals surface area contributed by atoms with Crippen LogP contribution in [0.1, 0.15) is 51.0 Å². The largest absolute Gasteiger partial charge is 0.206 e. The molecule has 0 aromatic heterocycles. The van der Waals surface area contributed by atoms with Crippen molar-refractivity contribution >= 4 is 10.8 Å². The fraction of sp³-hybridized carbons (Fsp3) is 0.385. The van der Waals surface area contributed by atoms with E-state index in [9.17, 15) is 13.2 Å². The van der Waals surface area contributed by atoms with E-state index in [2.05, 4.69) is 6.92 Å². The van der Waals surface area contributed by atoms with Crippen molar-refractivity contribution in [2.45, 2.75) is 51.9 Å². The summed E-state index contributed by atoms with van der Waals surface area (Å²) in [5.74, 6) is -3.09. The third-order valence-electron chi connectivity index (χ3n) is 6.70. The second kappa shape index (κ2) is 8.79. The molecule has 1 fully saturated rings. The van der Waals surface area contributed by atoms with Gasteiger partial charge in [0.25, 0.3) is 0 Å². The van der Waals surface area contributed by atoms with E-state index in [0.29, 0.717) is 5.39 Å². The molecular weight excluding hydrogens is 388 g/mol. The molecule has 0 saturated heterocycles. The molecule has 3 aromatic rings. The Morgan fingerprint density at radius 3 is 2.10 bits per heavy atom. The number of fused-ring (bicyclic) bond motifs is 1. The molecule has 0 N–H and O–H groups in total. The second-order valence-electron chi connectivity index (χ2n) is 8.57. The van der Waals surface area contributed by atoms with Crippen LogP contribution in [0.5, 0.6) is 0 Å². The van der Waals surface area contributed by atoms with E-state index in [0.717, 1.165) is 42.2 Å². The number of aryl methyl sites for hydroxylation is 1. The lowest BCUT2D eigenvalue weighted by atomic mass is 9.78. The molecule has 1 aliphatic carbocycles. The number of halogens is 4. The Hall–Kier alpha value is -2.36. The molecule has 0 bridgehead atoms. The minimum atomic E-state index is -1.55. The smallest absolute Gasteiger partial charge is 0.194 e. The van der Waals surface area contributed by atoms with Gasteiger partial charge in [-0.25, -0.2) is 17.6 Å². The molecule has 0 heterocycles. The van der Waals surface area contributed by atoms with Gasteiger partial charge in [0.1, 0.15) is 5.82 Å². The third-order valence-corrected chi connectivity index (χ3v) is 6.70. The summed E-state index contributed by atoms with van der Waals surface area (Å²) in [4.78, 5) is 0. The molecule has 0 nitrogen and oxygen atoms in total. The Balaban J connectivity index is 1.53. The average molecular weight is 414 g/mol. The summed E-state index contributed by atoms with van der Waals surface area (Å²) in [6, 6.07) is 10.6. The van der Waals surface area contributed by atoms with Crippen molar-refractivity contribution in [3.05, 3.63) is 71.3 Å². The van der Waals surface area contributed by atoms with Crippen LogP contribution < -0.4 is 0 Å². The normalized spacial score (nSPS) is 19.4. The van der Waals surface area contributed by atoms with Crippen molar-refractivity contribution in [3.63, 3.8) is 0 Å². The van der Waals surface area contributed by atoms with Gasteiger partial charge in [-0.15, -0.1) is 0 Å². The summed E-state index contributed by atoms with van der Waals surface area (Å²) in [5, 5.41) is 1.15. The van der Waals surface area contributed by atoms with Gasteiger partial charge in [0, 0.05) is 10.9 Å². The Morgan fingerprint density at radius 2 is 1.43 bits per heavy atom. The zero-order valence-corrected chi connectivity index (χ0v) is 17.2. The van der Waals surface area contributed by atoms with Gasteiger partial charge < -0.3 is 0 Å². The van der Waals surface area contributed by atoms with Crippen molar-refractivity contribution in [2.24, 2.45) is 11.8 Å². The van der Waals surface area contributed by atoms with Gasteiger partial charge in [-0.05, 0) is 53.3 Å². The number of benzene rings is 3. The van der Waals surface area contributed by atoms with E-state index >= 15 is 4.39 Å². The van der Waals surface area contributed by atoms with Gasteiger partial charge in [0.15, 0.2) is 17.5 Å². The van der Waals surface area contributed by atoms with E-state index in [4.69, 9.17) is 0 Å². The molecule has 4 rings (SSSR count). The molecule has 158 valence electrons. The lowest BCUT2D eigenvalue weighted by Gasteiger charge is -2.27. The Bertz CT molecular complexity index is 1030. The summed E-state index contributed by atoms with van der Waals surface area (Å²) < 4.78 is 55.4. The number of rotatable bonds is 5. The SMILES string of the molecule is CCC1CCC(CCc2ccc3c(F)c(-c4cc(F)c(F)c(F)c4)ccc3c2)CC1. The summed E-state index contributed by atoms with van der Waals surface area (Å²) >= 11 is 0. The van der Waals surface area contributed by atoms with E-state index < -0.39 is 23.3 Å². The van der Waals surface area contributed by atoms with E-state index in [-0.39, 0.29) is 11.1 Å². The zero-order chi connectivity index (χ0) is 21.3. The van der Waals surface area contributed by atoms with Gasteiger partial charge in [0.2, 0.25) is 0 Å². The van der Waals surface area contributed by atoms with Crippen LogP contribution in [0.3, 0.4) is 0 Å². The average Bonchev–Trinajstić information content (AvgIpc) is 2.76. The molecule has 0 unspecified atom stereocenters. The van der Waals surface area contributed by atoms with Gasteiger partial charge in [0.05, 0.1) is 0 Å². The monoisotopic (exact) mass is 414 g/mol. The predicted molar refractivity (Wildman–Crippen MR) is 113 cm³/mol. The van der Waals surface area contributed by atoms with Gasteiger partial charge in [-0.3, -0.25) is 0 Å². The highest BCUT2D eigenvalue weighted by atomic mass is 19.2. The van der Waals surface area contributed by atoms with Crippen LogP contribution in [0.25, 0.3) is 21.9 Å². The van der Waals surface area contributed by atoms with Crippen LogP contribution in [0.15, 0.2) is 42.5 Å². The van der Waals surface area contributed by atoms with Crippen molar-refractivity contribution in [2.75, 3.05) is 0 Å². The highest BCUT2D eigenvalue weighted by Crippen LogP contribution is 2.34. The maximum atomic E-state index is 15.1. The lowest BCUT2D eigenvalue weighted by molar-refractivity contribution is 0.259. The highest BCUT2D eigenvalue weighted by Gasteiger charge is 2.20. The lowest BCUT2D eigenvalue weighted by Crippen LogP contribution is -2.14. The van der Waals surface area contributed by atoms with Crippen molar-refractivity contribution in [3.8, 4) is 11.1 Å². The van der Waals surface area contributed by atoms with Gasteiger partial charge >= 0.3 is 0 Å². The molecule has 30 heavy (non-hydrogen) atoms. The van der Waals surface area contributed by atoms with Crippen LogP contribution in [0, 0.1) is 35.1 Å². The summed E-state index contributed by atoms with van der Waals surface area (Å²) in [6.07, 6.45) is 8.66. The minimum absolute atomic E-state index is 0.0161. The topological polar surface area (TPSA) is 0 Å². The first-order chi connectivity index (χ1) is 14.5. The van der Waals surface area contributed by atoms with Crippen molar-refractivity contribution < 1.29 is 17.6 Å². The Labute approximate surface area is 174 Å². The first-order valence-electron chi connectivity index (χ1n) is 10.8. The zero-order valence-electron chi connectivity index (χ0n) is 17.2. The molecule has 4 heteroatoms. The van der Waals surface area contributed by atoms with Crippen LogP contribution >= 0.6 is 0 Å². The highest BCUT2D eigenvalue weighted by molar-refractivity contribution is 5.88. The standard InChI is InChI=1S/C26H26F4/c1-2-16-3-5-17(6-4-16)7-8-18-9-11-21-19(13-18)10-12-22(25(21)29)20-14-23(27)26(30)24(28)15-20/h9-17H,2-8H2,1H3. The quantitative estimate of drug-likeness (QED) is 0.291. The van der Waals surface area contributed by atoms with Crippen molar-refractivity contribution in [1.29, 1.82) is 0 Å². The minimum Gasteiger partial charge on any atom is -0.206 e. The van der Waals surface area contributed by atoms with Crippen LogP contribution in [0.2, 0.25) is 0 Å². The predicted octanol–water partition coefficient (Wildman–Crippen LogP) is 8.21. The fourth-order valence-corrected chi connectivity index (χ4v) is 4.73. The number of hydrogen-bond acceptors (Lipinski definition) is 0. The van der Waals surface area contributed by atoms with E-state index in [1.54, 1.807) is 12.1 Å². The molecule has 0 amide bonds. The summed E-state index contributed by atoms with van der Waals surface area (Å²) in [7, 11) is 0. The van der Waals surface area contributed by atoms with E-state index in [1.807, 2.05) is 12.1 Å². The van der Waals surface area contributed by atoms with Crippen LogP contribution in [0.4, 0.5) is 17.6 Å². The Kier molecular flexibility index (Phi) is 6.12. The number of hydrogen-bond donors (Lipinski definition) is 0. The molecule has 3 aromatic carbocycles. The summed E-state index contributed by atoms with van der Waals surface area (Å²) in [6.45, 7) is 2.27. The summed E-state index contributed by atoms with van der Waals surface area (Å²) in [5.41, 5.74) is 1.21. The molecule has 0 radical (unpaired) electrons. The molecule has 0 aliphatic heterocycles. The first-order valence-corrected chi connectivity index (χ1v) is 10.8.